The van der Waals surface area contributed by atoms with Gasteiger partial charge in [0.25, 0.3) is 0 Å². The second kappa shape index (κ2) is 55.4. The maximum Gasteiger partial charge on any atom is 0.306 e. The third-order valence-corrected chi connectivity index (χ3v) is 11.2. The van der Waals surface area contributed by atoms with E-state index in [4.69, 9.17) is 14.2 Å². The minimum atomic E-state index is -0.805. The van der Waals surface area contributed by atoms with Gasteiger partial charge in [-0.3, -0.25) is 14.4 Å². The summed E-state index contributed by atoms with van der Waals surface area (Å²) >= 11 is 0. The zero-order valence-electron chi connectivity index (χ0n) is 43.8. The van der Waals surface area contributed by atoms with Crippen molar-refractivity contribution in [1.29, 1.82) is 0 Å². The lowest BCUT2D eigenvalue weighted by Crippen LogP contribution is -2.30. The van der Waals surface area contributed by atoms with Crippen LogP contribution in [0.4, 0.5) is 0 Å². The van der Waals surface area contributed by atoms with Gasteiger partial charge in [-0.15, -0.1) is 0 Å². The van der Waals surface area contributed by atoms with Crippen LogP contribution >= 0.6 is 0 Å². The van der Waals surface area contributed by atoms with Crippen LogP contribution in [0.1, 0.15) is 233 Å². The van der Waals surface area contributed by atoms with Crippen molar-refractivity contribution >= 4 is 17.9 Å². The summed E-state index contributed by atoms with van der Waals surface area (Å²) in [6, 6.07) is 0. The lowest BCUT2D eigenvalue weighted by atomic mass is 10.1. The Bertz CT molecular complexity index is 1450. The molecule has 0 heterocycles. The third kappa shape index (κ3) is 52.8. The van der Waals surface area contributed by atoms with E-state index in [0.29, 0.717) is 19.3 Å². The molecule has 0 saturated heterocycles. The predicted molar refractivity (Wildman–Crippen MR) is 293 cm³/mol. The van der Waals surface area contributed by atoms with Crippen LogP contribution in [0.15, 0.2) is 122 Å². The van der Waals surface area contributed by atoms with E-state index in [1.807, 2.05) is 0 Å². The number of ether oxygens (including phenoxy) is 3. The van der Waals surface area contributed by atoms with Crippen LogP contribution in [-0.4, -0.2) is 37.2 Å². The second-order valence-corrected chi connectivity index (χ2v) is 17.7. The van der Waals surface area contributed by atoms with Gasteiger partial charge in [-0.05, 0) is 122 Å². The van der Waals surface area contributed by atoms with Crippen LogP contribution in [0, 0.1) is 0 Å². The average molecular weight is 941 g/mol. The largest absolute Gasteiger partial charge is 0.462 e. The number of rotatable bonds is 48. The van der Waals surface area contributed by atoms with Crippen molar-refractivity contribution in [2.45, 2.75) is 239 Å². The first-order valence-corrected chi connectivity index (χ1v) is 27.5. The van der Waals surface area contributed by atoms with Gasteiger partial charge in [-0.25, -0.2) is 0 Å². The van der Waals surface area contributed by atoms with Gasteiger partial charge in [0.1, 0.15) is 13.2 Å². The van der Waals surface area contributed by atoms with Gasteiger partial charge >= 0.3 is 17.9 Å². The number of allylic oxidation sites excluding steroid dienone is 20. The highest BCUT2D eigenvalue weighted by atomic mass is 16.6. The summed E-state index contributed by atoms with van der Waals surface area (Å²) in [6.07, 6.45) is 76.1. The van der Waals surface area contributed by atoms with Crippen LogP contribution < -0.4 is 0 Å². The van der Waals surface area contributed by atoms with E-state index in [1.165, 1.54) is 44.9 Å². The third-order valence-electron chi connectivity index (χ3n) is 11.2. The predicted octanol–water partition coefficient (Wildman–Crippen LogP) is 18.5. The molecule has 0 aromatic heterocycles. The van der Waals surface area contributed by atoms with E-state index in [9.17, 15) is 14.4 Å². The van der Waals surface area contributed by atoms with E-state index in [0.717, 1.165) is 148 Å². The number of carbonyl (C=O) groups excluding carboxylic acids is 3. The Balaban J connectivity index is 4.42. The number of esters is 3. The van der Waals surface area contributed by atoms with Gasteiger partial charge in [0.15, 0.2) is 6.10 Å². The Hall–Kier alpha value is -4.19. The number of hydrogen-bond donors (Lipinski definition) is 0. The second-order valence-electron chi connectivity index (χ2n) is 17.7. The van der Waals surface area contributed by atoms with Crippen molar-refractivity contribution in [1.82, 2.24) is 0 Å². The topological polar surface area (TPSA) is 78.9 Å². The molecule has 0 amide bonds. The summed E-state index contributed by atoms with van der Waals surface area (Å²) in [5.41, 5.74) is 0. The van der Waals surface area contributed by atoms with E-state index in [2.05, 4.69) is 142 Å². The van der Waals surface area contributed by atoms with E-state index in [-0.39, 0.29) is 31.1 Å². The first kappa shape index (κ1) is 63.8. The highest BCUT2D eigenvalue weighted by molar-refractivity contribution is 5.71. The highest BCUT2D eigenvalue weighted by Gasteiger charge is 2.19. The van der Waals surface area contributed by atoms with Crippen molar-refractivity contribution in [2.24, 2.45) is 0 Å². The zero-order valence-corrected chi connectivity index (χ0v) is 43.8. The molecule has 1 atom stereocenters. The Kier molecular flexibility index (Phi) is 52.0. The molecule has 68 heavy (non-hydrogen) atoms. The Morgan fingerprint density at radius 1 is 0.309 bits per heavy atom. The molecule has 0 saturated carbocycles. The van der Waals surface area contributed by atoms with E-state index in [1.54, 1.807) is 0 Å². The van der Waals surface area contributed by atoms with Gasteiger partial charge in [-0.2, -0.15) is 0 Å². The van der Waals surface area contributed by atoms with Gasteiger partial charge in [0, 0.05) is 19.3 Å². The summed E-state index contributed by atoms with van der Waals surface area (Å²) in [4.78, 5) is 38.0. The Morgan fingerprint density at radius 2 is 0.574 bits per heavy atom. The van der Waals surface area contributed by atoms with E-state index < -0.39 is 6.10 Å². The van der Waals surface area contributed by atoms with Crippen LogP contribution in [0.25, 0.3) is 0 Å². The minimum absolute atomic E-state index is 0.102. The molecule has 0 radical (unpaired) electrons. The van der Waals surface area contributed by atoms with E-state index >= 15 is 0 Å². The van der Waals surface area contributed by atoms with Crippen LogP contribution in [0.3, 0.4) is 0 Å². The summed E-state index contributed by atoms with van der Waals surface area (Å²) < 4.78 is 16.8. The van der Waals surface area contributed by atoms with Crippen LogP contribution in [0.5, 0.6) is 0 Å². The zero-order chi connectivity index (χ0) is 49.3. The maximum atomic E-state index is 12.8. The average Bonchev–Trinajstić information content (AvgIpc) is 3.34. The van der Waals surface area contributed by atoms with Crippen LogP contribution in [0.2, 0.25) is 0 Å². The van der Waals surface area contributed by atoms with Crippen molar-refractivity contribution < 1.29 is 28.6 Å². The lowest BCUT2D eigenvalue weighted by Gasteiger charge is -2.18. The van der Waals surface area contributed by atoms with Crippen molar-refractivity contribution in [3.63, 3.8) is 0 Å². The number of hydrogen-bond acceptors (Lipinski definition) is 6. The summed E-state index contributed by atoms with van der Waals surface area (Å²) in [5.74, 6) is -0.965. The molecule has 0 aliphatic rings. The number of unbranched alkanes of at least 4 members (excludes halogenated alkanes) is 17. The monoisotopic (exact) mass is 941 g/mol. The molecule has 6 heteroatoms. The fraction of sp³-hybridized carbons (Fsp3) is 0.629. The molecule has 0 aliphatic heterocycles. The van der Waals surface area contributed by atoms with Gasteiger partial charge in [0.2, 0.25) is 0 Å². The fourth-order valence-corrected chi connectivity index (χ4v) is 7.01. The van der Waals surface area contributed by atoms with Crippen molar-refractivity contribution in [3.05, 3.63) is 122 Å². The normalized spacial score (nSPS) is 13.0. The van der Waals surface area contributed by atoms with Gasteiger partial charge in [-0.1, -0.05) is 213 Å². The molecular weight excluding hydrogens is 841 g/mol. The first-order valence-electron chi connectivity index (χ1n) is 27.5. The smallest absolute Gasteiger partial charge is 0.306 e. The summed E-state index contributed by atoms with van der Waals surface area (Å²) in [6.45, 7) is 6.38. The molecular formula is C62H100O6. The highest BCUT2D eigenvalue weighted by Crippen LogP contribution is 2.13. The van der Waals surface area contributed by atoms with Crippen molar-refractivity contribution in [2.75, 3.05) is 13.2 Å². The molecule has 6 nitrogen and oxygen atoms in total. The molecule has 384 valence electrons. The number of carbonyl (C=O) groups is 3. The first-order chi connectivity index (χ1) is 33.5. The molecule has 0 spiro atoms. The molecule has 0 bridgehead atoms. The maximum absolute atomic E-state index is 12.8. The summed E-state index contributed by atoms with van der Waals surface area (Å²) in [5, 5.41) is 0. The lowest BCUT2D eigenvalue weighted by molar-refractivity contribution is -0.167. The summed E-state index contributed by atoms with van der Waals surface area (Å²) in [7, 11) is 0. The molecule has 0 aromatic carbocycles. The minimum Gasteiger partial charge on any atom is -0.462 e. The molecule has 0 fully saturated rings. The Labute approximate surface area is 418 Å². The molecule has 0 aliphatic carbocycles. The SMILES string of the molecule is CC/C=C\C/C=C\C/C=C\C/C=C\C/C=C\C/C=C\C/C=C\CCCCCC(=O)OCC(COC(=O)CCCCCCC/C=C\CCCC)OC(=O)CCCCCCC/C=C\C/C=C\CCCC. The molecule has 0 aromatic rings. The quantitative estimate of drug-likeness (QED) is 0.0262. The molecule has 1 unspecified atom stereocenters. The van der Waals surface area contributed by atoms with Gasteiger partial charge in [0.05, 0.1) is 0 Å². The molecule has 0 rings (SSSR count). The van der Waals surface area contributed by atoms with Crippen molar-refractivity contribution in [3.8, 4) is 0 Å². The van der Waals surface area contributed by atoms with Crippen LogP contribution in [-0.2, 0) is 28.6 Å². The fourth-order valence-electron chi connectivity index (χ4n) is 7.01. The standard InChI is InChI=1S/C62H100O6/c1-4-7-10-13-16-19-22-24-26-27-28-29-30-31-32-33-34-35-36-38-40-43-46-49-52-55-61(64)67-58-59(57-66-60(63)54-51-48-45-42-39-21-18-15-12-9-6-3)68-62(65)56-53-50-47-44-41-37-25-23-20-17-14-11-8-5-2/h7,10,14-19,23-26,28-29,31-32,34-35,38,40,59H,4-6,8-9,11-13,20-22,27,30,33,36-37,39,41-58H2,1-3H3/b10-7-,17-14-,18-15-,19-16-,25-23-,26-24-,29-28-,32-31-,35-34-,40-38-. The van der Waals surface area contributed by atoms with Gasteiger partial charge < -0.3 is 14.2 Å². The Morgan fingerprint density at radius 3 is 0.926 bits per heavy atom. The molecule has 0 N–H and O–H groups in total.